The smallest absolute Gasteiger partial charge is 0.420 e. The maximum absolute atomic E-state index is 12.9. The second-order valence-electron chi connectivity index (χ2n) is 7.87. The maximum Gasteiger partial charge on any atom is 0.420 e. The Balaban J connectivity index is 1.64. The van der Waals surface area contributed by atoms with E-state index in [1.807, 2.05) is 45.1 Å². The predicted octanol–water partition coefficient (Wildman–Crippen LogP) is 4.95. The van der Waals surface area contributed by atoms with Crippen molar-refractivity contribution in [1.82, 2.24) is 19.3 Å². The van der Waals surface area contributed by atoms with Crippen molar-refractivity contribution < 1.29 is 22.7 Å². The Hall–Kier alpha value is -3.70. The molecule has 4 aromatic rings. The molecule has 0 fully saturated rings. The highest BCUT2D eigenvalue weighted by Crippen LogP contribution is 2.32. The number of aromatic nitrogens is 3. The van der Waals surface area contributed by atoms with Gasteiger partial charge in [0.05, 0.1) is 18.6 Å². The van der Waals surface area contributed by atoms with Crippen LogP contribution in [0.3, 0.4) is 0 Å². The Kier molecular flexibility index (Phi) is 8.01. The standard InChI is InChI=1S/C25H26N4O5S2/c1-3-4-14-34-20-9-10-22(36(31,32)28-25(30)33-2)21(16-20)19-7-5-18(6-8-19)17-29-13-11-26-23(29)24-27-12-15-35-24/h5-13,15-16H,3-4,14,17H2,1-2H3,(H,28,30). The van der Waals surface area contributed by atoms with Gasteiger partial charge in [0.1, 0.15) is 5.75 Å². The van der Waals surface area contributed by atoms with Crippen molar-refractivity contribution in [3.8, 4) is 27.7 Å². The molecule has 36 heavy (non-hydrogen) atoms. The van der Waals surface area contributed by atoms with Crippen LogP contribution in [0.15, 0.2) is 71.3 Å². The second kappa shape index (κ2) is 11.4. The highest BCUT2D eigenvalue weighted by molar-refractivity contribution is 7.90. The van der Waals surface area contributed by atoms with Gasteiger partial charge in [-0.3, -0.25) is 0 Å². The molecule has 1 N–H and O–H groups in total. The number of ether oxygens (including phenoxy) is 2. The first kappa shape index (κ1) is 25.4. The van der Waals surface area contributed by atoms with Gasteiger partial charge in [-0.1, -0.05) is 37.6 Å². The van der Waals surface area contributed by atoms with Crippen molar-refractivity contribution in [2.75, 3.05) is 13.7 Å². The van der Waals surface area contributed by atoms with Crippen molar-refractivity contribution in [1.29, 1.82) is 0 Å². The normalized spacial score (nSPS) is 11.3. The molecule has 0 bridgehead atoms. The summed E-state index contributed by atoms with van der Waals surface area (Å²) in [5.41, 5.74) is 2.08. The van der Waals surface area contributed by atoms with E-state index in [0.29, 0.717) is 30.0 Å². The second-order valence-corrected chi connectivity index (χ2v) is 10.4. The molecule has 0 aliphatic carbocycles. The van der Waals surface area contributed by atoms with Gasteiger partial charge in [0.2, 0.25) is 0 Å². The summed E-state index contributed by atoms with van der Waals surface area (Å²) < 4.78 is 40.1. The summed E-state index contributed by atoms with van der Waals surface area (Å²) in [6.07, 6.45) is 6.17. The van der Waals surface area contributed by atoms with Gasteiger partial charge in [-0.05, 0) is 35.7 Å². The predicted molar refractivity (Wildman–Crippen MR) is 137 cm³/mol. The fourth-order valence-electron chi connectivity index (χ4n) is 3.55. The zero-order valence-electron chi connectivity index (χ0n) is 19.9. The Morgan fingerprint density at radius 2 is 1.92 bits per heavy atom. The lowest BCUT2D eigenvalue weighted by atomic mass is 10.0. The van der Waals surface area contributed by atoms with Crippen molar-refractivity contribution >= 4 is 27.5 Å². The van der Waals surface area contributed by atoms with Gasteiger partial charge in [0.15, 0.2) is 10.8 Å². The average Bonchev–Trinajstić information content (AvgIpc) is 3.56. The molecule has 4 rings (SSSR count). The third-order valence-electron chi connectivity index (χ3n) is 5.37. The first-order chi connectivity index (χ1) is 17.4. The number of amides is 1. The summed E-state index contributed by atoms with van der Waals surface area (Å²) in [6.45, 7) is 3.16. The Morgan fingerprint density at radius 1 is 1.11 bits per heavy atom. The van der Waals surface area contributed by atoms with Crippen LogP contribution in [0.2, 0.25) is 0 Å². The van der Waals surface area contributed by atoms with E-state index in [-0.39, 0.29) is 4.90 Å². The van der Waals surface area contributed by atoms with Crippen molar-refractivity contribution in [3.05, 3.63) is 72.0 Å². The minimum absolute atomic E-state index is 0.0517. The Bertz CT molecular complexity index is 1420. The van der Waals surface area contributed by atoms with E-state index in [2.05, 4.69) is 21.6 Å². The molecule has 0 aliphatic rings. The third kappa shape index (κ3) is 5.92. The fourth-order valence-corrected chi connectivity index (χ4v) is 5.33. The minimum atomic E-state index is -4.17. The highest BCUT2D eigenvalue weighted by Gasteiger charge is 2.23. The lowest BCUT2D eigenvalue weighted by Crippen LogP contribution is -2.30. The van der Waals surface area contributed by atoms with Crippen LogP contribution in [-0.4, -0.2) is 42.8 Å². The minimum Gasteiger partial charge on any atom is -0.494 e. The molecule has 1 amide bonds. The molecule has 0 unspecified atom stereocenters. The number of sulfonamides is 1. The number of hydrogen-bond acceptors (Lipinski definition) is 8. The molecule has 2 heterocycles. The van der Waals surface area contributed by atoms with E-state index >= 15 is 0 Å². The molecule has 0 atom stereocenters. The zero-order chi connectivity index (χ0) is 25.5. The van der Waals surface area contributed by atoms with Gasteiger partial charge >= 0.3 is 6.09 Å². The molecule has 188 valence electrons. The number of carbonyl (C=O) groups is 1. The van der Waals surface area contributed by atoms with Crippen LogP contribution in [0.4, 0.5) is 4.79 Å². The topological polar surface area (TPSA) is 112 Å². The summed E-state index contributed by atoms with van der Waals surface area (Å²) in [6, 6.07) is 12.2. The number of benzene rings is 2. The molecule has 0 saturated carbocycles. The molecule has 0 aliphatic heterocycles. The number of hydrogen-bond donors (Lipinski definition) is 1. The quantitative estimate of drug-likeness (QED) is 0.291. The van der Waals surface area contributed by atoms with Gasteiger partial charge < -0.3 is 14.0 Å². The summed E-state index contributed by atoms with van der Waals surface area (Å²) in [5.74, 6) is 1.33. The SMILES string of the molecule is CCCCOc1ccc(S(=O)(=O)NC(=O)OC)c(-c2ccc(Cn3ccnc3-c3nccs3)cc2)c1. The number of nitrogens with one attached hydrogen (secondary N) is 1. The van der Waals surface area contributed by atoms with Crippen LogP contribution in [0.25, 0.3) is 22.0 Å². The van der Waals surface area contributed by atoms with Crippen LogP contribution in [0.5, 0.6) is 5.75 Å². The molecular formula is C25H26N4O5S2. The van der Waals surface area contributed by atoms with Gasteiger partial charge in [0, 0.05) is 36.1 Å². The fraction of sp³-hybridized carbons (Fsp3) is 0.240. The van der Waals surface area contributed by atoms with Gasteiger partial charge in [-0.25, -0.2) is 27.9 Å². The number of carbonyl (C=O) groups excluding carboxylic acids is 1. The molecule has 0 radical (unpaired) electrons. The summed E-state index contributed by atoms with van der Waals surface area (Å²) in [7, 11) is -3.07. The van der Waals surface area contributed by atoms with Crippen molar-refractivity contribution in [3.63, 3.8) is 0 Å². The number of imidazole rings is 1. The zero-order valence-corrected chi connectivity index (χ0v) is 21.5. The van der Waals surface area contributed by atoms with Gasteiger partial charge in [-0.2, -0.15) is 0 Å². The molecule has 9 nitrogen and oxygen atoms in total. The van der Waals surface area contributed by atoms with E-state index in [4.69, 9.17) is 4.74 Å². The van der Waals surface area contributed by atoms with Crippen LogP contribution in [-0.2, 0) is 21.3 Å². The summed E-state index contributed by atoms with van der Waals surface area (Å²) in [4.78, 5) is 20.4. The first-order valence-corrected chi connectivity index (χ1v) is 13.7. The van der Waals surface area contributed by atoms with Crippen molar-refractivity contribution in [2.24, 2.45) is 0 Å². The number of unbranched alkanes of at least 4 members (excludes halogenated alkanes) is 1. The molecular weight excluding hydrogens is 500 g/mol. The number of thiazole rings is 1. The average molecular weight is 527 g/mol. The van der Waals surface area contributed by atoms with E-state index in [9.17, 15) is 13.2 Å². The lowest BCUT2D eigenvalue weighted by molar-refractivity contribution is 0.177. The monoisotopic (exact) mass is 526 g/mol. The maximum atomic E-state index is 12.9. The van der Waals surface area contributed by atoms with Gasteiger partial charge in [0.25, 0.3) is 10.0 Å². The van der Waals surface area contributed by atoms with E-state index in [0.717, 1.165) is 36.3 Å². The van der Waals surface area contributed by atoms with Crippen LogP contribution in [0.1, 0.15) is 25.3 Å². The molecule has 11 heteroatoms. The molecule has 2 aromatic carbocycles. The van der Waals surface area contributed by atoms with Crippen LogP contribution < -0.4 is 9.46 Å². The largest absolute Gasteiger partial charge is 0.494 e. The van der Waals surface area contributed by atoms with Crippen LogP contribution in [0, 0.1) is 0 Å². The van der Waals surface area contributed by atoms with Crippen LogP contribution >= 0.6 is 11.3 Å². The molecule has 0 spiro atoms. The summed E-state index contributed by atoms with van der Waals surface area (Å²) in [5, 5.41) is 2.74. The van der Waals surface area contributed by atoms with E-state index in [1.54, 1.807) is 24.5 Å². The van der Waals surface area contributed by atoms with E-state index in [1.165, 1.54) is 17.4 Å². The first-order valence-electron chi connectivity index (χ1n) is 11.3. The Morgan fingerprint density at radius 3 is 2.61 bits per heavy atom. The number of methoxy groups -OCH3 is 1. The van der Waals surface area contributed by atoms with Gasteiger partial charge in [-0.15, -0.1) is 11.3 Å². The highest BCUT2D eigenvalue weighted by atomic mass is 32.2. The lowest BCUT2D eigenvalue weighted by Gasteiger charge is -2.14. The van der Waals surface area contributed by atoms with E-state index < -0.39 is 16.1 Å². The molecule has 2 aromatic heterocycles. The Labute approximate surface area is 213 Å². The number of nitrogens with zero attached hydrogens (tertiary/aromatic N) is 3. The number of rotatable bonds is 10. The molecule has 0 saturated heterocycles. The summed E-state index contributed by atoms with van der Waals surface area (Å²) >= 11 is 1.52. The van der Waals surface area contributed by atoms with Crippen molar-refractivity contribution in [2.45, 2.75) is 31.2 Å². The third-order valence-corrected chi connectivity index (χ3v) is 7.51.